The van der Waals surface area contributed by atoms with Gasteiger partial charge in [0.05, 0.1) is 11.1 Å². The van der Waals surface area contributed by atoms with E-state index in [-0.39, 0.29) is 0 Å². The number of para-hydroxylation sites is 3. The Hall–Kier alpha value is -7.18. The molecule has 2 heterocycles. The topological polar surface area (TPSA) is 59.1 Å². The van der Waals surface area contributed by atoms with Gasteiger partial charge in [-0.2, -0.15) is 0 Å². The third kappa shape index (κ3) is 6.69. The highest BCUT2D eigenvalue weighted by Crippen LogP contribution is 2.35. The predicted molar refractivity (Wildman–Crippen MR) is 210 cm³/mol. The predicted octanol–water partition coefficient (Wildman–Crippen LogP) is 9.06. The highest BCUT2D eigenvalue weighted by Gasteiger charge is 2.30. The summed E-state index contributed by atoms with van der Waals surface area (Å²) in [5.41, 5.74) is 7.30. The van der Waals surface area contributed by atoms with Crippen molar-refractivity contribution in [1.82, 2.24) is 0 Å². The largest absolute Gasteiger partial charge is 0.422 e. The van der Waals surface area contributed by atoms with E-state index in [4.69, 9.17) is 9.47 Å². The maximum absolute atomic E-state index is 13.3. The first-order valence-corrected chi connectivity index (χ1v) is 17.3. The summed E-state index contributed by atoms with van der Waals surface area (Å²) in [6, 6.07) is 61.4. The van der Waals surface area contributed by atoms with E-state index in [1.54, 1.807) is 12.1 Å². The molecule has 2 aliphatic rings. The molecule has 6 nitrogen and oxygen atoms in total. The molecule has 0 aliphatic carbocycles. The zero-order valence-electron chi connectivity index (χ0n) is 28.9. The van der Waals surface area contributed by atoms with Gasteiger partial charge in [-0.1, -0.05) is 103 Å². The number of carbonyl (C=O) groups is 2. The summed E-state index contributed by atoms with van der Waals surface area (Å²) < 4.78 is 11.5. The van der Waals surface area contributed by atoms with Crippen LogP contribution in [0.4, 0.5) is 28.4 Å². The van der Waals surface area contributed by atoms with Crippen molar-refractivity contribution in [3.8, 4) is 5.75 Å². The molecule has 0 amide bonds. The smallest absolute Gasteiger partial charge is 0.344 e. The number of cyclic esters (lactones) is 1. The molecule has 2 aliphatic heterocycles. The van der Waals surface area contributed by atoms with Gasteiger partial charge in [-0.15, -0.1) is 0 Å². The summed E-state index contributed by atoms with van der Waals surface area (Å²) in [6.07, 6.45) is 0. The standard InChI is InChI=1S/C41H28N2O4.C6H6/c1-42(29-11-5-2-6-12-29)30-21-19-28(20-22-30)39-34-26-37-36(25-35(34)40(44)47-39)38(41(45)46-37)27-17-23-33(24-18-27)43(31-13-7-3-8-14-31)32-15-9-4-10-16-32;1-2-4-6-5-3-1/h2-26H,1H3;1-6H. The van der Waals surface area contributed by atoms with Gasteiger partial charge < -0.3 is 19.3 Å². The van der Waals surface area contributed by atoms with Crippen molar-refractivity contribution in [1.29, 1.82) is 0 Å². The van der Waals surface area contributed by atoms with Crippen LogP contribution in [-0.4, -0.2) is 19.0 Å². The van der Waals surface area contributed by atoms with Crippen molar-refractivity contribution in [2.75, 3.05) is 16.8 Å². The molecule has 0 radical (unpaired) electrons. The lowest BCUT2D eigenvalue weighted by Crippen LogP contribution is -2.16. The number of nitrogens with zero attached hydrogens (tertiary/aromatic N) is 2. The van der Waals surface area contributed by atoms with Crippen LogP contribution in [0.15, 0.2) is 188 Å². The second-order valence-corrected chi connectivity index (χ2v) is 12.5. The Morgan fingerprint density at radius 2 is 0.849 bits per heavy atom. The number of ether oxygens (including phenoxy) is 2. The van der Waals surface area contributed by atoms with Gasteiger partial charge in [0.1, 0.15) is 11.5 Å². The van der Waals surface area contributed by atoms with E-state index < -0.39 is 11.9 Å². The molecule has 0 saturated carbocycles. The molecule has 0 atom stereocenters. The van der Waals surface area contributed by atoms with Crippen LogP contribution in [0.3, 0.4) is 0 Å². The number of fused-ring (bicyclic) bond motifs is 2. The van der Waals surface area contributed by atoms with E-state index in [9.17, 15) is 9.59 Å². The van der Waals surface area contributed by atoms with Gasteiger partial charge in [0.2, 0.25) is 0 Å². The maximum atomic E-state index is 13.3. The summed E-state index contributed by atoms with van der Waals surface area (Å²) in [5.74, 6) is -0.0713. The van der Waals surface area contributed by atoms with E-state index in [1.165, 1.54) is 0 Å². The normalized spacial score (nSPS) is 12.5. The summed E-state index contributed by atoms with van der Waals surface area (Å²) in [7, 11) is 2.00. The van der Waals surface area contributed by atoms with Gasteiger partial charge in [-0.3, -0.25) is 0 Å². The molecule has 0 fully saturated rings. The molecule has 0 aromatic heterocycles. The van der Waals surface area contributed by atoms with Gasteiger partial charge in [0.15, 0.2) is 0 Å². The van der Waals surface area contributed by atoms with Crippen LogP contribution in [0.2, 0.25) is 0 Å². The van der Waals surface area contributed by atoms with Gasteiger partial charge >= 0.3 is 11.9 Å². The second-order valence-electron chi connectivity index (χ2n) is 12.5. The van der Waals surface area contributed by atoms with Gasteiger partial charge in [0.25, 0.3) is 0 Å². The molecular weight excluding hydrogens is 657 g/mol. The number of hydrogen-bond acceptors (Lipinski definition) is 6. The molecule has 0 bridgehead atoms. The van der Waals surface area contributed by atoms with Crippen molar-refractivity contribution < 1.29 is 19.1 Å². The molecule has 9 rings (SSSR count). The molecule has 0 N–H and O–H groups in total. The van der Waals surface area contributed by atoms with Crippen molar-refractivity contribution in [3.63, 3.8) is 0 Å². The highest BCUT2D eigenvalue weighted by molar-refractivity contribution is 6.19. The summed E-state index contributed by atoms with van der Waals surface area (Å²) in [6.45, 7) is 0. The number of rotatable bonds is 7. The van der Waals surface area contributed by atoms with Crippen molar-refractivity contribution in [3.05, 3.63) is 215 Å². The van der Waals surface area contributed by atoms with E-state index >= 15 is 0 Å². The van der Waals surface area contributed by atoms with Crippen LogP contribution in [0.5, 0.6) is 5.75 Å². The Bertz CT molecular complexity index is 2460. The monoisotopic (exact) mass is 690 g/mol. The van der Waals surface area contributed by atoms with Gasteiger partial charge in [-0.25, -0.2) is 9.59 Å². The Morgan fingerprint density at radius 3 is 1.40 bits per heavy atom. The first kappa shape index (κ1) is 33.0. The molecule has 53 heavy (non-hydrogen) atoms. The minimum atomic E-state index is -0.460. The number of carbonyl (C=O) groups excluding carboxylic acids is 2. The minimum Gasteiger partial charge on any atom is -0.422 e. The Morgan fingerprint density at radius 1 is 0.415 bits per heavy atom. The molecular formula is C47H34N2O4. The Labute approximate surface area is 307 Å². The third-order valence-electron chi connectivity index (χ3n) is 9.23. The highest BCUT2D eigenvalue weighted by atomic mass is 16.5. The Kier molecular flexibility index (Phi) is 9.08. The Balaban J connectivity index is 0.000000609. The fourth-order valence-corrected chi connectivity index (χ4v) is 6.57. The molecule has 0 unspecified atom stereocenters. The zero-order chi connectivity index (χ0) is 36.1. The minimum absolute atomic E-state index is 0.399. The van der Waals surface area contributed by atoms with Crippen molar-refractivity contribution >= 4 is 51.7 Å². The number of hydrogen-bond donors (Lipinski definition) is 0. The SMILES string of the molecule is CN(c1ccccc1)c1ccc(C2=c3cc4c(cc3C(=O)O2)=C(c2ccc(N(c3ccccc3)c3ccccc3)cc2)C(=O)O4)cc1.c1ccccc1. The van der Waals surface area contributed by atoms with E-state index in [1.807, 2.05) is 159 Å². The fourth-order valence-electron chi connectivity index (χ4n) is 6.57. The first-order valence-electron chi connectivity index (χ1n) is 17.3. The van der Waals surface area contributed by atoms with E-state index in [0.717, 1.165) is 34.0 Å². The van der Waals surface area contributed by atoms with Crippen LogP contribution >= 0.6 is 0 Å². The fraction of sp³-hybridized carbons (Fsp3) is 0.0213. The molecule has 7 aromatic rings. The van der Waals surface area contributed by atoms with Crippen LogP contribution in [0, 0.1) is 0 Å². The summed E-state index contributed by atoms with van der Waals surface area (Å²) in [5, 5.41) is 1.17. The van der Waals surface area contributed by atoms with Crippen molar-refractivity contribution in [2.45, 2.75) is 0 Å². The van der Waals surface area contributed by atoms with Crippen LogP contribution in [0.1, 0.15) is 21.5 Å². The van der Waals surface area contributed by atoms with E-state index in [0.29, 0.717) is 38.6 Å². The molecule has 0 spiro atoms. The average molecular weight is 691 g/mol. The average Bonchev–Trinajstić information content (AvgIpc) is 3.73. The van der Waals surface area contributed by atoms with E-state index in [2.05, 4.69) is 34.1 Å². The lowest BCUT2D eigenvalue weighted by Gasteiger charge is -2.25. The number of esters is 2. The summed E-state index contributed by atoms with van der Waals surface area (Å²) >= 11 is 0. The zero-order valence-corrected chi connectivity index (χ0v) is 28.9. The van der Waals surface area contributed by atoms with Crippen LogP contribution in [-0.2, 0) is 9.53 Å². The third-order valence-corrected chi connectivity index (χ3v) is 9.23. The lowest BCUT2D eigenvalue weighted by molar-refractivity contribution is -0.127. The summed E-state index contributed by atoms with van der Waals surface area (Å²) in [4.78, 5) is 30.6. The van der Waals surface area contributed by atoms with Crippen LogP contribution < -0.4 is 25.0 Å². The van der Waals surface area contributed by atoms with Gasteiger partial charge in [0, 0.05) is 51.5 Å². The second kappa shape index (κ2) is 14.6. The van der Waals surface area contributed by atoms with Crippen LogP contribution in [0.25, 0.3) is 11.3 Å². The maximum Gasteiger partial charge on any atom is 0.344 e. The molecule has 7 aromatic carbocycles. The lowest BCUT2D eigenvalue weighted by atomic mass is 10.0. The number of benzene rings is 7. The van der Waals surface area contributed by atoms with Gasteiger partial charge in [-0.05, 0) is 90.5 Å². The quantitative estimate of drug-likeness (QED) is 0.123. The molecule has 256 valence electrons. The molecule has 0 saturated heterocycles. The number of anilines is 5. The van der Waals surface area contributed by atoms with Crippen molar-refractivity contribution in [2.24, 2.45) is 0 Å². The molecule has 6 heteroatoms. The first-order chi connectivity index (χ1) is 26.0.